The molecule has 2 saturated heterocycles. The van der Waals surface area contributed by atoms with Crippen molar-refractivity contribution in [3.8, 4) is 6.07 Å². The van der Waals surface area contributed by atoms with Gasteiger partial charge in [-0.25, -0.2) is 4.79 Å². The van der Waals surface area contributed by atoms with Crippen molar-refractivity contribution in [1.29, 1.82) is 5.26 Å². The number of amides is 2. The van der Waals surface area contributed by atoms with Crippen molar-refractivity contribution < 1.29 is 14.3 Å². The quantitative estimate of drug-likeness (QED) is 0.908. The molecule has 1 atom stereocenters. The largest absolute Gasteiger partial charge is 0.350 e. The Morgan fingerprint density at radius 2 is 2.00 bits per heavy atom. The van der Waals surface area contributed by atoms with E-state index in [9.17, 15) is 4.79 Å². The minimum atomic E-state index is -0.175. The van der Waals surface area contributed by atoms with Crippen LogP contribution in [0.2, 0.25) is 0 Å². The Morgan fingerprint density at radius 3 is 2.68 bits per heavy atom. The van der Waals surface area contributed by atoms with E-state index in [1.165, 1.54) is 0 Å². The molecule has 2 heterocycles. The molecule has 2 aliphatic rings. The van der Waals surface area contributed by atoms with Gasteiger partial charge in [-0.2, -0.15) is 5.26 Å². The molecule has 2 amide bonds. The summed E-state index contributed by atoms with van der Waals surface area (Å²) in [7, 11) is 0. The van der Waals surface area contributed by atoms with E-state index in [1.54, 1.807) is 29.2 Å². The normalized spacial score (nSPS) is 22.3. The lowest BCUT2D eigenvalue weighted by Gasteiger charge is -2.34. The van der Waals surface area contributed by atoms with Gasteiger partial charge in [-0.1, -0.05) is 0 Å². The number of rotatable bonds is 2. The number of nitrogens with one attached hydrogen (secondary N) is 1. The first-order valence-corrected chi connectivity index (χ1v) is 7.55. The van der Waals surface area contributed by atoms with Crippen LogP contribution < -0.4 is 5.32 Å². The van der Waals surface area contributed by atoms with E-state index in [0.29, 0.717) is 31.0 Å². The molecule has 1 unspecified atom stereocenters. The van der Waals surface area contributed by atoms with Gasteiger partial charge in [0.25, 0.3) is 0 Å². The maximum absolute atomic E-state index is 12.4. The average molecular weight is 301 g/mol. The smallest absolute Gasteiger partial charge is 0.321 e. The van der Waals surface area contributed by atoms with Crippen LogP contribution in [-0.2, 0) is 9.47 Å². The Kier molecular flexibility index (Phi) is 4.56. The number of nitriles is 1. The van der Waals surface area contributed by atoms with E-state index < -0.39 is 0 Å². The fourth-order valence-electron chi connectivity index (χ4n) is 2.90. The lowest BCUT2D eigenvalue weighted by atomic mass is 9.98. The summed E-state index contributed by atoms with van der Waals surface area (Å²) in [6, 6.07) is 8.79. The lowest BCUT2D eigenvalue weighted by Crippen LogP contribution is -2.45. The second-order valence-electron chi connectivity index (χ2n) is 5.58. The van der Waals surface area contributed by atoms with E-state index in [-0.39, 0.29) is 18.2 Å². The van der Waals surface area contributed by atoms with Gasteiger partial charge in [0.05, 0.1) is 24.8 Å². The highest BCUT2D eigenvalue weighted by molar-refractivity contribution is 5.89. The van der Waals surface area contributed by atoms with Crippen molar-refractivity contribution in [1.82, 2.24) is 4.90 Å². The first kappa shape index (κ1) is 14.8. The van der Waals surface area contributed by atoms with E-state index in [1.807, 2.05) is 0 Å². The van der Waals surface area contributed by atoms with E-state index in [4.69, 9.17) is 14.7 Å². The van der Waals surface area contributed by atoms with Crippen LogP contribution in [0.3, 0.4) is 0 Å². The van der Waals surface area contributed by atoms with Crippen molar-refractivity contribution in [2.45, 2.75) is 19.1 Å². The Hall–Kier alpha value is -2.10. The number of carbonyl (C=O) groups is 1. The average Bonchev–Trinajstić information content (AvgIpc) is 3.10. The number of ether oxygens (including phenoxy) is 2. The summed E-state index contributed by atoms with van der Waals surface area (Å²) in [5.74, 6) is 0.239. The molecule has 0 aromatic heterocycles. The van der Waals surface area contributed by atoms with Crippen LogP contribution in [0.15, 0.2) is 24.3 Å². The summed E-state index contributed by atoms with van der Waals surface area (Å²) in [4.78, 5) is 14.2. The molecule has 1 aromatic carbocycles. The molecule has 0 saturated carbocycles. The highest BCUT2D eigenvalue weighted by Crippen LogP contribution is 2.25. The van der Waals surface area contributed by atoms with Crippen LogP contribution in [0.25, 0.3) is 0 Å². The predicted octanol–water partition coefficient (Wildman–Crippen LogP) is 2.18. The lowest BCUT2D eigenvalue weighted by molar-refractivity contribution is -0.0959. The number of urea groups is 1. The van der Waals surface area contributed by atoms with Gasteiger partial charge in [0.1, 0.15) is 0 Å². The van der Waals surface area contributed by atoms with Crippen LogP contribution in [0, 0.1) is 17.2 Å². The molecule has 0 bridgehead atoms. The van der Waals surface area contributed by atoms with Crippen molar-refractivity contribution in [3.05, 3.63) is 29.8 Å². The molecular formula is C16H19N3O3. The zero-order valence-electron chi connectivity index (χ0n) is 12.3. The molecule has 6 nitrogen and oxygen atoms in total. The van der Waals surface area contributed by atoms with Crippen LogP contribution in [0.1, 0.15) is 18.4 Å². The summed E-state index contributed by atoms with van der Waals surface area (Å²) < 4.78 is 11.1. The Balaban J connectivity index is 1.57. The number of carbonyl (C=O) groups excluding carboxylic acids is 1. The van der Waals surface area contributed by atoms with Gasteiger partial charge in [-0.3, -0.25) is 0 Å². The Bertz CT molecular complexity index is 561. The first-order chi connectivity index (χ1) is 10.8. The fourth-order valence-corrected chi connectivity index (χ4v) is 2.90. The second kappa shape index (κ2) is 6.77. The molecular weight excluding hydrogens is 282 g/mol. The van der Waals surface area contributed by atoms with Crippen LogP contribution in [-0.4, -0.2) is 43.5 Å². The maximum atomic E-state index is 12.4. The van der Waals surface area contributed by atoms with E-state index in [2.05, 4.69) is 11.4 Å². The maximum Gasteiger partial charge on any atom is 0.321 e. The van der Waals surface area contributed by atoms with Crippen molar-refractivity contribution in [2.75, 3.05) is 31.6 Å². The van der Waals surface area contributed by atoms with Crippen molar-refractivity contribution >= 4 is 11.7 Å². The van der Waals surface area contributed by atoms with Gasteiger partial charge in [-0.15, -0.1) is 0 Å². The summed E-state index contributed by atoms with van der Waals surface area (Å²) in [5.41, 5.74) is 1.27. The monoisotopic (exact) mass is 301 g/mol. The van der Waals surface area contributed by atoms with Gasteiger partial charge >= 0.3 is 6.03 Å². The number of anilines is 1. The second-order valence-corrected chi connectivity index (χ2v) is 5.58. The van der Waals surface area contributed by atoms with Crippen LogP contribution in [0.4, 0.5) is 10.5 Å². The summed E-state index contributed by atoms with van der Waals surface area (Å²) >= 11 is 0. The van der Waals surface area contributed by atoms with Gasteiger partial charge in [0.2, 0.25) is 0 Å². The number of nitrogens with zero attached hydrogens (tertiary/aromatic N) is 2. The number of likely N-dealkylation sites (tertiary alicyclic amines) is 1. The van der Waals surface area contributed by atoms with E-state index in [0.717, 1.165) is 19.4 Å². The van der Waals surface area contributed by atoms with Crippen LogP contribution in [0.5, 0.6) is 0 Å². The predicted molar refractivity (Wildman–Crippen MR) is 80.2 cm³/mol. The molecule has 1 N–H and O–H groups in total. The number of hydrogen-bond acceptors (Lipinski definition) is 4. The highest BCUT2D eigenvalue weighted by Gasteiger charge is 2.32. The van der Waals surface area contributed by atoms with Gasteiger partial charge in [-0.05, 0) is 37.1 Å². The molecule has 22 heavy (non-hydrogen) atoms. The molecule has 0 aliphatic carbocycles. The number of benzene rings is 1. The van der Waals surface area contributed by atoms with Gasteiger partial charge < -0.3 is 19.7 Å². The number of piperidine rings is 1. The molecule has 0 spiro atoms. The third kappa shape index (κ3) is 3.38. The molecule has 1 aromatic rings. The van der Waals surface area contributed by atoms with Gasteiger partial charge in [0.15, 0.2) is 6.29 Å². The summed E-state index contributed by atoms with van der Waals surface area (Å²) in [5, 5.41) is 11.6. The summed E-state index contributed by atoms with van der Waals surface area (Å²) in [6.45, 7) is 2.66. The first-order valence-electron chi connectivity index (χ1n) is 7.55. The standard InChI is InChI=1S/C16H19N3O3/c17-10-12-3-5-14(6-4-12)18-16(20)19-7-1-2-13(11-19)15-21-8-9-22-15/h3-6,13,15H,1-2,7-9,11H2,(H,18,20). The number of hydrogen-bond donors (Lipinski definition) is 1. The Labute approximate surface area is 129 Å². The topological polar surface area (TPSA) is 74.6 Å². The SMILES string of the molecule is N#Cc1ccc(NC(=O)N2CCCC(C3OCCO3)C2)cc1. The minimum absolute atomic E-state index is 0.118. The van der Waals surface area contributed by atoms with Crippen molar-refractivity contribution in [3.63, 3.8) is 0 Å². The third-order valence-electron chi connectivity index (χ3n) is 4.04. The molecule has 0 radical (unpaired) electrons. The molecule has 2 fully saturated rings. The Morgan fingerprint density at radius 1 is 1.27 bits per heavy atom. The fraction of sp³-hybridized carbons (Fsp3) is 0.500. The summed E-state index contributed by atoms with van der Waals surface area (Å²) in [6.07, 6.45) is 1.80. The molecule has 2 aliphatic heterocycles. The van der Waals surface area contributed by atoms with Crippen molar-refractivity contribution in [2.24, 2.45) is 5.92 Å². The highest BCUT2D eigenvalue weighted by atomic mass is 16.7. The molecule has 116 valence electrons. The molecule has 3 rings (SSSR count). The molecule has 6 heteroatoms. The zero-order chi connectivity index (χ0) is 15.4. The third-order valence-corrected chi connectivity index (χ3v) is 4.04. The van der Waals surface area contributed by atoms with E-state index >= 15 is 0 Å². The zero-order valence-corrected chi connectivity index (χ0v) is 12.3. The van der Waals surface area contributed by atoms with Gasteiger partial charge in [0, 0.05) is 24.7 Å². The minimum Gasteiger partial charge on any atom is -0.350 e. The van der Waals surface area contributed by atoms with Crippen LogP contribution >= 0.6 is 0 Å².